The topological polar surface area (TPSA) is 74.5 Å². The van der Waals surface area contributed by atoms with Crippen LogP contribution in [-0.2, 0) is 19.8 Å². The molecule has 1 aromatic heterocycles. The van der Waals surface area contributed by atoms with E-state index in [2.05, 4.69) is 40.5 Å². The van der Waals surface area contributed by atoms with Crippen molar-refractivity contribution in [2.24, 2.45) is 0 Å². The second kappa shape index (κ2) is 9.51. The van der Waals surface area contributed by atoms with Crippen LogP contribution in [0, 0.1) is 0 Å². The van der Waals surface area contributed by atoms with Crippen molar-refractivity contribution >= 4 is 29.1 Å². The molecule has 0 amide bonds. The molecule has 5 aromatic rings. The van der Waals surface area contributed by atoms with Gasteiger partial charge in [-0.3, -0.25) is 4.57 Å². The first kappa shape index (κ1) is 22.5. The van der Waals surface area contributed by atoms with Crippen molar-refractivity contribution in [1.82, 2.24) is 10.2 Å². The Morgan fingerprint density at radius 1 is 0.765 bits per heavy atom. The Hall–Kier alpha value is -3.31. The molecule has 34 heavy (non-hydrogen) atoms. The molecular weight excluding hydrogens is 447 g/mol. The van der Waals surface area contributed by atoms with Gasteiger partial charge in [0.05, 0.1) is 24.9 Å². The first-order valence-corrected chi connectivity index (χ1v) is 13.0. The summed E-state index contributed by atoms with van der Waals surface area (Å²) >= 11 is 0. The lowest BCUT2D eigenvalue weighted by Crippen LogP contribution is -1.99. The number of aromatic nitrogens is 2. The number of hydrogen-bond acceptors (Lipinski definition) is 6. The second-order valence-electron chi connectivity index (χ2n) is 7.91. The van der Waals surface area contributed by atoms with Gasteiger partial charge < -0.3 is 13.5 Å². The van der Waals surface area contributed by atoms with Crippen LogP contribution < -0.4 is 0 Å². The predicted octanol–water partition coefficient (Wildman–Crippen LogP) is 7.48. The Balaban J connectivity index is 1.49. The van der Waals surface area contributed by atoms with Crippen LogP contribution >= 0.6 is 7.60 Å². The Kier molecular flexibility index (Phi) is 6.29. The summed E-state index contributed by atoms with van der Waals surface area (Å²) in [5.41, 5.74) is 2.57. The fourth-order valence-corrected chi connectivity index (χ4v) is 5.89. The standard InChI is InChI=1S/C27H25N2O4P/c1-3-31-34(30,32-4-2)18-19-13-15-20(16-14-19)26-28-29-27(33-26)25-23-11-7-5-9-21(23)17-22-10-6-8-12-24(22)25/h5-17H,3-4,18H2,1-2H3. The molecule has 5 rings (SSSR count). The van der Waals surface area contributed by atoms with Gasteiger partial charge in [0, 0.05) is 5.56 Å². The molecule has 0 saturated heterocycles. The van der Waals surface area contributed by atoms with Gasteiger partial charge >= 0.3 is 7.60 Å². The normalized spacial score (nSPS) is 11.9. The van der Waals surface area contributed by atoms with Crippen LogP contribution in [0.4, 0.5) is 0 Å². The SMILES string of the molecule is CCOP(=O)(Cc1ccc(-c2nnc(-c3c4ccccc4cc4ccccc34)o2)cc1)OCC. The first-order valence-electron chi connectivity index (χ1n) is 11.3. The van der Waals surface area contributed by atoms with Crippen molar-refractivity contribution in [3.8, 4) is 22.9 Å². The molecule has 0 atom stereocenters. The molecule has 0 saturated carbocycles. The summed E-state index contributed by atoms with van der Waals surface area (Å²) in [5, 5.41) is 13.1. The quantitative estimate of drug-likeness (QED) is 0.172. The highest BCUT2D eigenvalue weighted by Crippen LogP contribution is 2.51. The van der Waals surface area contributed by atoms with Crippen molar-refractivity contribution in [3.05, 3.63) is 84.4 Å². The van der Waals surface area contributed by atoms with E-state index in [1.54, 1.807) is 13.8 Å². The number of hydrogen-bond donors (Lipinski definition) is 0. The Bertz CT molecular complexity index is 1430. The zero-order valence-corrected chi connectivity index (χ0v) is 20.0. The van der Waals surface area contributed by atoms with Gasteiger partial charge in [-0.1, -0.05) is 60.7 Å². The van der Waals surface area contributed by atoms with Crippen LogP contribution in [0.5, 0.6) is 0 Å². The lowest BCUT2D eigenvalue weighted by atomic mass is 9.97. The van der Waals surface area contributed by atoms with E-state index in [1.807, 2.05) is 48.5 Å². The van der Waals surface area contributed by atoms with Crippen LogP contribution in [-0.4, -0.2) is 23.4 Å². The third-order valence-corrected chi connectivity index (χ3v) is 7.69. The van der Waals surface area contributed by atoms with Crippen molar-refractivity contribution in [2.75, 3.05) is 13.2 Å². The summed E-state index contributed by atoms with van der Waals surface area (Å²) in [5.74, 6) is 0.903. The molecule has 0 aliphatic carbocycles. The molecule has 0 fully saturated rings. The summed E-state index contributed by atoms with van der Waals surface area (Å²) in [6.45, 7) is 4.29. The van der Waals surface area contributed by atoms with Crippen LogP contribution in [0.2, 0.25) is 0 Å². The summed E-state index contributed by atoms with van der Waals surface area (Å²) in [7, 11) is -3.16. The van der Waals surface area contributed by atoms with Crippen molar-refractivity contribution < 1.29 is 18.0 Å². The zero-order chi connectivity index (χ0) is 23.5. The van der Waals surface area contributed by atoms with Crippen LogP contribution in [0.15, 0.2) is 83.3 Å². The van der Waals surface area contributed by atoms with Crippen molar-refractivity contribution in [3.63, 3.8) is 0 Å². The van der Waals surface area contributed by atoms with Gasteiger partial charge in [-0.05, 0) is 59.2 Å². The molecule has 4 aromatic carbocycles. The first-order chi connectivity index (χ1) is 16.6. The predicted molar refractivity (Wildman–Crippen MR) is 135 cm³/mol. The minimum absolute atomic E-state index is 0.214. The summed E-state index contributed by atoms with van der Waals surface area (Å²) < 4.78 is 29.8. The highest BCUT2D eigenvalue weighted by molar-refractivity contribution is 7.53. The Labute approximate surface area is 198 Å². The molecule has 7 heteroatoms. The van der Waals surface area contributed by atoms with Gasteiger partial charge in [-0.15, -0.1) is 10.2 Å². The summed E-state index contributed by atoms with van der Waals surface area (Å²) in [6.07, 6.45) is 0.214. The monoisotopic (exact) mass is 472 g/mol. The lowest BCUT2D eigenvalue weighted by Gasteiger charge is -2.16. The molecule has 0 N–H and O–H groups in total. The van der Waals surface area contributed by atoms with E-state index in [9.17, 15) is 4.57 Å². The van der Waals surface area contributed by atoms with Gasteiger partial charge in [-0.25, -0.2) is 0 Å². The van der Waals surface area contributed by atoms with Gasteiger partial charge in [-0.2, -0.15) is 0 Å². The Morgan fingerprint density at radius 2 is 1.32 bits per heavy atom. The van der Waals surface area contributed by atoms with Gasteiger partial charge in [0.15, 0.2) is 0 Å². The molecule has 0 spiro atoms. The molecule has 1 heterocycles. The summed E-state index contributed by atoms with van der Waals surface area (Å²) in [4.78, 5) is 0. The fourth-order valence-electron chi connectivity index (χ4n) is 4.18. The maximum absolute atomic E-state index is 12.8. The number of benzene rings is 4. The zero-order valence-electron chi connectivity index (χ0n) is 19.1. The minimum Gasteiger partial charge on any atom is -0.416 e. The largest absolute Gasteiger partial charge is 0.416 e. The van der Waals surface area contributed by atoms with E-state index in [-0.39, 0.29) is 6.16 Å². The third-order valence-electron chi connectivity index (χ3n) is 5.64. The van der Waals surface area contributed by atoms with Gasteiger partial charge in [0.25, 0.3) is 0 Å². The second-order valence-corrected chi connectivity index (χ2v) is 9.96. The smallest absolute Gasteiger partial charge is 0.335 e. The molecule has 0 aliphatic rings. The summed E-state index contributed by atoms with van der Waals surface area (Å²) in [6, 6.07) is 26.1. The maximum Gasteiger partial charge on any atom is 0.335 e. The maximum atomic E-state index is 12.8. The molecule has 0 radical (unpaired) electrons. The van der Waals surface area contributed by atoms with Crippen LogP contribution in [0.1, 0.15) is 19.4 Å². The van der Waals surface area contributed by atoms with E-state index >= 15 is 0 Å². The molecule has 0 aliphatic heterocycles. The van der Waals surface area contributed by atoms with E-state index < -0.39 is 7.60 Å². The highest BCUT2D eigenvalue weighted by atomic mass is 31.2. The van der Waals surface area contributed by atoms with Gasteiger partial charge in [0.1, 0.15) is 0 Å². The average molecular weight is 472 g/mol. The number of nitrogens with zero attached hydrogens (tertiary/aromatic N) is 2. The number of fused-ring (bicyclic) bond motifs is 2. The minimum atomic E-state index is -3.16. The van der Waals surface area contributed by atoms with E-state index in [0.29, 0.717) is 25.0 Å². The molecule has 0 unspecified atom stereocenters. The third kappa shape index (κ3) is 4.40. The fraction of sp³-hybridized carbons (Fsp3) is 0.185. The molecule has 6 nitrogen and oxygen atoms in total. The van der Waals surface area contributed by atoms with E-state index in [1.165, 1.54) is 0 Å². The lowest BCUT2D eigenvalue weighted by molar-refractivity contribution is 0.219. The van der Waals surface area contributed by atoms with Crippen LogP contribution in [0.3, 0.4) is 0 Å². The van der Waals surface area contributed by atoms with E-state index in [4.69, 9.17) is 13.5 Å². The van der Waals surface area contributed by atoms with Crippen molar-refractivity contribution in [1.29, 1.82) is 0 Å². The Morgan fingerprint density at radius 3 is 1.91 bits per heavy atom. The van der Waals surface area contributed by atoms with Crippen molar-refractivity contribution in [2.45, 2.75) is 20.0 Å². The van der Waals surface area contributed by atoms with Crippen LogP contribution in [0.25, 0.3) is 44.5 Å². The average Bonchev–Trinajstić information content (AvgIpc) is 3.33. The van der Waals surface area contributed by atoms with Gasteiger partial charge in [0.2, 0.25) is 11.8 Å². The number of rotatable bonds is 8. The van der Waals surface area contributed by atoms with E-state index in [0.717, 1.165) is 38.2 Å². The molecule has 0 bridgehead atoms. The molecular formula is C27H25N2O4P. The molecule has 172 valence electrons. The highest BCUT2D eigenvalue weighted by Gasteiger charge is 2.24.